The highest BCUT2D eigenvalue weighted by Gasteiger charge is 2.10. The molecule has 4 nitrogen and oxygen atoms in total. The smallest absolute Gasteiger partial charge is 0.218 e. The van der Waals surface area contributed by atoms with Crippen molar-refractivity contribution < 1.29 is 4.74 Å². The number of rotatable bonds is 8. The first-order valence-electron chi connectivity index (χ1n) is 7.34. The Morgan fingerprint density at radius 3 is 2.53 bits per heavy atom. The number of nitrogen functional groups attached to an aromatic ring is 1. The molecule has 4 heteroatoms. The molecule has 2 N–H and O–H groups in total. The number of unbranched alkanes of at least 4 members (excludes halogenated alkanes) is 3. The fourth-order valence-corrected chi connectivity index (χ4v) is 1.90. The molecular formula is C15H27N3O. The van der Waals surface area contributed by atoms with Crippen molar-refractivity contribution >= 4 is 5.82 Å². The molecule has 1 heterocycles. The van der Waals surface area contributed by atoms with Crippen molar-refractivity contribution in [1.29, 1.82) is 0 Å². The Balaban J connectivity index is 2.51. The molecule has 1 atom stereocenters. The first-order valence-corrected chi connectivity index (χ1v) is 7.34. The first kappa shape index (κ1) is 15.7. The monoisotopic (exact) mass is 265 g/mol. The van der Waals surface area contributed by atoms with Gasteiger partial charge in [0.25, 0.3) is 0 Å². The molecule has 0 spiro atoms. The van der Waals surface area contributed by atoms with E-state index < -0.39 is 0 Å². The highest BCUT2D eigenvalue weighted by atomic mass is 16.5. The summed E-state index contributed by atoms with van der Waals surface area (Å²) in [5.74, 6) is 2.07. The van der Waals surface area contributed by atoms with E-state index in [1.54, 1.807) is 6.07 Å². The summed E-state index contributed by atoms with van der Waals surface area (Å²) in [5, 5.41) is 0. The van der Waals surface area contributed by atoms with Crippen LogP contribution in [0.3, 0.4) is 0 Å². The molecule has 0 bridgehead atoms. The standard InChI is InChI=1S/C15H27N3O/c1-5-6-7-8-9-12(4)19-14-10-13(16)17-15(18-14)11(2)3/h10-12H,5-9H2,1-4H3,(H2,16,17,18). The van der Waals surface area contributed by atoms with Gasteiger partial charge in [-0.05, 0) is 19.8 Å². The molecule has 1 unspecified atom stereocenters. The lowest BCUT2D eigenvalue weighted by Gasteiger charge is -2.15. The van der Waals surface area contributed by atoms with E-state index in [-0.39, 0.29) is 12.0 Å². The fraction of sp³-hybridized carbons (Fsp3) is 0.733. The molecule has 19 heavy (non-hydrogen) atoms. The van der Waals surface area contributed by atoms with Gasteiger partial charge in [0.1, 0.15) is 11.6 Å². The maximum atomic E-state index is 5.84. The Hall–Kier alpha value is -1.32. The van der Waals surface area contributed by atoms with Crippen LogP contribution in [0.2, 0.25) is 0 Å². The molecule has 0 fully saturated rings. The van der Waals surface area contributed by atoms with Gasteiger partial charge in [-0.15, -0.1) is 0 Å². The number of anilines is 1. The number of nitrogens with zero attached hydrogens (tertiary/aromatic N) is 2. The summed E-state index contributed by atoms with van der Waals surface area (Å²) in [6.07, 6.45) is 6.26. The number of nitrogens with two attached hydrogens (primary N) is 1. The minimum absolute atomic E-state index is 0.172. The van der Waals surface area contributed by atoms with Crippen LogP contribution < -0.4 is 10.5 Å². The lowest BCUT2D eigenvalue weighted by molar-refractivity contribution is 0.197. The van der Waals surface area contributed by atoms with Crippen LogP contribution in [0.25, 0.3) is 0 Å². The van der Waals surface area contributed by atoms with Gasteiger partial charge in [0.2, 0.25) is 5.88 Å². The maximum Gasteiger partial charge on any atom is 0.218 e. The average Bonchev–Trinajstić information content (AvgIpc) is 2.34. The van der Waals surface area contributed by atoms with Gasteiger partial charge in [-0.2, -0.15) is 4.98 Å². The SMILES string of the molecule is CCCCCCC(C)Oc1cc(N)nc(C(C)C)n1. The van der Waals surface area contributed by atoms with Crippen molar-refractivity contribution in [2.75, 3.05) is 5.73 Å². The Morgan fingerprint density at radius 1 is 1.16 bits per heavy atom. The Bertz CT molecular complexity index is 380. The highest BCUT2D eigenvalue weighted by molar-refractivity contribution is 5.33. The quantitative estimate of drug-likeness (QED) is 0.724. The van der Waals surface area contributed by atoms with E-state index in [1.165, 1.54) is 25.7 Å². The van der Waals surface area contributed by atoms with Gasteiger partial charge in [0.05, 0.1) is 6.10 Å². The lowest BCUT2D eigenvalue weighted by atomic mass is 10.1. The molecule has 0 saturated heterocycles. The van der Waals surface area contributed by atoms with Crippen LogP contribution >= 0.6 is 0 Å². The molecule has 108 valence electrons. The van der Waals surface area contributed by atoms with Gasteiger partial charge in [0, 0.05) is 12.0 Å². The molecule has 1 rings (SSSR count). The predicted molar refractivity (Wildman–Crippen MR) is 79.4 cm³/mol. The third-order valence-corrected chi connectivity index (χ3v) is 3.04. The van der Waals surface area contributed by atoms with E-state index in [4.69, 9.17) is 10.5 Å². The second-order valence-electron chi connectivity index (χ2n) is 5.42. The molecule has 0 aliphatic carbocycles. The lowest BCUT2D eigenvalue weighted by Crippen LogP contribution is -2.14. The maximum absolute atomic E-state index is 5.84. The normalized spacial score (nSPS) is 12.7. The zero-order valence-electron chi connectivity index (χ0n) is 12.6. The van der Waals surface area contributed by atoms with Gasteiger partial charge in [-0.25, -0.2) is 4.98 Å². The number of hydrogen-bond donors (Lipinski definition) is 1. The number of hydrogen-bond acceptors (Lipinski definition) is 4. The molecule has 0 aliphatic rings. The minimum Gasteiger partial charge on any atom is -0.475 e. The topological polar surface area (TPSA) is 61.0 Å². The van der Waals surface area contributed by atoms with E-state index >= 15 is 0 Å². The molecule has 0 saturated carbocycles. The van der Waals surface area contributed by atoms with Crippen LogP contribution in [-0.2, 0) is 0 Å². The Morgan fingerprint density at radius 2 is 1.89 bits per heavy atom. The second-order valence-corrected chi connectivity index (χ2v) is 5.42. The third kappa shape index (κ3) is 5.90. The van der Waals surface area contributed by atoms with E-state index in [0.29, 0.717) is 11.7 Å². The van der Waals surface area contributed by atoms with Crippen LogP contribution in [-0.4, -0.2) is 16.1 Å². The van der Waals surface area contributed by atoms with Gasteiger partial charge in [-0.1, -0.05) is 40.0 Å². The van der Waals surface area contributed by atoms with Crippen LogP contribution in [0.15, 0.2) is 6.07 Å². The van der Waals surface area contributed by atoms with Gasteiger partial charge in [0.15, 0.2) is 0 Å². The summed E-state index contributed by atoms with van der Waals surface area (Å²) in [6.45, 7) is 8.40. The Labute approximate surface area is 116 Å². The van der Waals surface area contributed by atoms with E-state index in [0.717, 1.165) is 12.2 Å². The average molecular weight is 265 g/mol. The zero-order chi connectivity index (χ0) is 14.3. The fourth-order valence-electron chi connectivity index (χ4n) is 1.90. The van der Waals surface area contributed by atoms with Crippen LogP contribution in [0.5, 0.6) is 5.88 Å². The summed E-state index contributed by atoms with van der Waals surface area (Å²) in [6, 6.07) is 1.70. The first-order chi connectivity index (χ1) is 9.02. The third-order valence-electron chi connectivity index (χ3n) is 3.04. The van der Waals surface area contributed by atoms with Gasteiger partial charge < -0.3 is 10.5 Å². The Kier molecular flexibility index (Phi) is 6.60. The molecule has 1 aromatic rings. The molecule has 1 aromatic heterocycles. The molecular weight excluding hydrogens is 238 g/mol. The summed E-state index contributed by atoms with van der Waals surface area (Å²) in [7, 11) is 0. The zero-order valence-corrected chi connectivity index (χ0v) is 12.6. The van der Waals surface area contributed by atoms with Crippen LogP contribution in [0, 0.1) is 0 Å². The van der Waals surface area contributed by atoms with Crippen molar-refractivity contribution in [2.24, 2.45) is 0 Å². The van der Waals surface area contributed by atoms with Crippen LogP contribution in [0.1, 0.15) is 71.5 Å². The number of ether oxygens (including phenoxy) is 1. The summed E-state index contributed by atoms with van der Waals surface area (Å²) < 4.78 is 5.84. The summed E-state index contributed by atoms with van der Waals surface area (Å²) in [4.78, 5) is 8.62. The van der Waals surface area contributed by atoms with Crippen molar-refractivity contribution in [3.8, 4) is 5.88 Å². The molecule has 0 aliphatic heterocycles. The molecule has 0 aromatic carbocycles. The summed E-state index contributed by atoms with van der Waals surface area (Å²) >= 11 is 0. The van der Waals surface area contributed by atoms with E-state index in [9.17, 15) is 0 Å². The van der Waals surface area contributed by atoms with Gasteiger partial charge in [-0.3, -0.25) is 0 Å². The number of aromatic nitrogens is 2. The summed E-state index contributed by atoms with van der Waals surface area (Å²) in [5.41, 5.74) is 5.78. The second kappa shape index (κ2) is 7.97. The largest absolute Gasteiger partial charge is 0.475 e. The molecule has 0 radical (unpaired) electrons. The van der Waals surface area contributed by atoms with Gasteiger partial charge >= 0.3 is 0 Å². The van der Waals surface area contributed by atoms with Crippen molar-refractivity contribution in [1.82, 2.24) is 9.97 Å². The van der Waals surface area contributed by atoms with E-state index in [1.807, 2.05) is 13.8 Å². The van der Waals surface area contributed by atoms with Crippen LogP contribution in [0.4, 0.5) is 5.82 Å². The predicted octanol–water partition coefficient (Wildman–Crippen LogP) is 3.92. The van der Waals surface area contributed by atoms with Crippen molar-refractivity contribution in [2.45, 2.75) is 71.8 Å². The minimum atomic E-state index is 0.172. The van der Waals surface area contributed by atoms with Crippen molar-refractivity contribution in [3.05, 3.63) is 11.9 Å². The molecule has 0 amide bonds. The highest BCUT2D eigenvalue weighted by Crippen LogP contribution is 2.19. The van der Waals surface area contributed by atoms with Crippen molar-refractivity contribution in [3.63, 3.8) is 0 Å². The van der Waals surface area contributed by atoms with E-state index in [2.05, 4.69) is 23.8 Å².